The lowest BCUT2D eigenvalue weighted by Gasteiger charge is -2.13. The van der Waals surface area contributed by atoms with Crippen LogP contribution in [0, 0.1) is 27.7 Å². The van der Waals surface area contributed by atoms with Crippen molar-refractivity contribution in [1.82, 2.24) is 0 Å². The molecule has 0 heterocycles. The Morgan fingerprint density at radius 1 is 0.741 bits per heavy atom. The van der Waals surface area contributed by atoms with Gasteiger partial charge in [-0.25, -0.2) is 0 Å². The second-order valence-electron chi connectivity index (χ2n) is 6.79. The molecule has 138 valence electrons. The van der Waals surface area contributed by atoms with Crippen molar-refractivity contribution in [3.8, 4) is 0 Å². The van der Waals surface area contributed by atoms with Gasteiger partial charge in [0, 0.05) is 21.2 Å². The maximum Gasteiger partial charge on any atom is 0.175 e. The van der Waals surface area contributed by atoms with E-state index in [1.54, 1.807) is 11.8 Å². The van der Waals surface area contributed by atoms with Gasteiger partial charge in [-0.2, -0.15) is 0 Å². The predicted molar refractivity (Wildman–Crippen MR) is 122 cm³/mol. The number of hydrogen-bond donors (Lipinski definition) is 2. The molecule has 0 aliphatic heterocycles. The quantitative estimate of drug-likeness (QED) is 0.473. The van der Waals surface area contributed by atoms with Crippen LogP contribution in [-0.2, 0) is 0 Å². The average Bonchev–Trinajstić information content (AvgIpc) is 2.63. The van der Waals surface area contributed by atoms with Crippen LogP contribution in [0.4, 0.5) is 11.4 Å². The Morgan fingerprint density at radius 2 is 1.37 bits per heavy atom. The Balaban J connectivity index is 1.64. The topological polar surface area (TPSA) is 24.1 Å². The van der Waals surface area contributed by atoms with E-state index in [1.165, 1.54) is 32.0 Å². The lowest BCUT2D eigenvalue weighted by Crippen LogP contribution is -2.19. The second kappa shape index (κ2) is 8.59. The molecule has 0 bridgehead atoms. The van der Waals surface area contributed by atoms with Gasteiger partial charge < -0.3 is 10.6 Å². The van der Waals surface area contributed by atoms with Crippen LogP contribution in [-0.4, -0.2) is 5.11 Å². The molecule has 3 aromatic rings. The molecule has 27 heavy (non-hydrogen) atoms. The van der Waals surface area contributed by atoms with Crippen LogP contribution in [0.1, 0.15) is 22.3 Å². The first-order valence-corrected chi connectivity index (χ1v) is 10.1. The summed E-state index contributed by atoms with van der Waals surface area (Å²) in [5.41, 5.74) is 6.97. The monoisotopic (exact) mass is 392 g/mol. The van der Waals surface area contributed by atoms with Gasteiger partial charge in [0.05, 0.1) is 0 Å². The number of anilines is 2. The zero-order valence-corrected chi connectivity index (χ0v) is 17.7. The Kier molecular flexibility index (Phi) is 6.19. The van der Waals surface area contributed by atoms with E-state index >= 15 is 0 Å². The van der Waals surface area contributed by atoms with Crippen molar-refractivity contribution in [2.45, 2.75) is 37.5 Å². The molecule has 0 unspecified atom stereocenters. The van der Waals surface area contributed by atoms with Crippen molar-refractivity contribution in [3.63, 3.8) is 0 Å². The molecule has 4 heteroatoms. The fraction of sp³-hybridized carbons (Fsp3) is 0.174. The van der Waals surface area contributed by atoms with E-state index < -0.39 is 0 Å². The van der Waals surface area contributed by atoms with E-state index in [4.69, 9.17) is 12.2 Å². The highest BCUT2D eigenvalue weighted by Gasteiger charge is 2.05. The first-order chi connectivity index (χ1) is 12.9. The van der Waals surface area contributed by atoms with Crippen molar-refractivity contribution < 1.29 is 0 Å². The molecule has 2 nitrogen and oxygen atoms in total. The fourth-order valence-corrected chi connectivity index (χ4v) is 3.93. The summed E-state index contributed by atoms with van der Waals surface area (Å²) in [6, 6.07) is 21.2. The lowest BCUT2D eigenvalue weighted by atomic mass is 10.1. The van der Waals surface area contributed by atoms with E-state index in [2.05, 4.69) is 99.0 Å². The molecule has 0 aromatic heterocycles. The molecule has 0 spiro atoms. The van der Waals surface area contributed by atoms with Crippen LogP contribution in [0.5, 0.6) is 0 Å². The maximum absolute atomic E-state index is 5.46. The van der Waals surface area contributed by atoms with Gasteiger partial charge in [0.1, 0.15) is 0 Å². The Hall–Kier alpha value is -2.30. The summed E-state index contributed by atoms with van der Waals surface area (Å²) in [7, 11) is 0. The third-order valence-electron chi connectivity index (χ3n) is 4.32. The molecule has 0 saturated heterocycles. The Labute approximate surface area is 171 Å². The predicted octanol–water partition coefficient (Wildman–Crippen LogP) is 6.88. The summed E-state index contributed by atoms with van der Waals surface area (Å²) in [6.07, 6.45) is 0. The molecule has 2 N–H and O–H groups in total. The summed E-state index contributed by atoms with van der Waals surface area (Å²) in [6.45, 7) is 8.42. The molecule has 0 aliphatic rings. The summed E-state index contributed by atoms with van der Waals surface area (Å²) in [5, 5.41) is 7.14. The molecular weight excluding hydrogens is 368 g/mol. The van der Waals surface area contributed by atoms with Gasteiger partial charge in [0.2, 0.25) is 0 Å². The van der Waals surface area contributed by atoms with Crippen LogP contribution in [0.3, 0.4) is 0 Å². The third kappa shape index (κ3) is 5.34. The molecule has 0 atom stereocenters. The molecule has 0 radical (unpaired) electrons. The number of thiocarbonyl (C=S) groups is 1. The van der Waals surface area contributed by atoms with Gasteiger partial charge in [-0.1, -0.05) is 36.0 Å². The van der Waals surface area contributed by atoms with Gasteiger partial charge in [-0.05, 0) is 98.6 Å². The van der Waals surface area contributed by atoms with Gasteiger partial charge in [0.25, 0.3) is 0 Å². The minimum atomic E-state index is 0.596. The summed E-state index contributed by atoms with van der Waals surface area (Å²) < 4.78 is 0. The Bertz CT molecular complexity index is 963. The maximum atomic E-state index is 5.46. The third-order valence-corrected chi connectivity index (χ3v) is 5.70. The van der Waals surface area contributed by atoms with Gasteiger partial charge >= 0.3 is 0 Å². The summed E-state index contributed by atoms with van der Waals surface area (Å²) in [4.78, 5) is 2.51. The van der Waals surface area contributed by atoms with Crippen molar-refractivity contribution in [2.24, 2.45) is 0 Å². The van der Waals surface area contributed by atoms with E-state index in [0.29, 0.717) is 5.11 Å². The smallest absolute Gasteiger partial charge is 0.175 e. The zero-order chi connectivity index (χ0) is 19.4. The molecular formula is C23H24N2S2. The van der Waals surface area contributed by atoms with Gasteiger partial charge in [-0.3, -0.25) is 0 Å². The average molecular weight is 393 g/mol. The van der Waals surface area contributed by atoms with E-state index in [9.17, 15) is 0 Å². The first-order valence-electron chi connectivity index (χ1n) is 8.91. The number of aryl methyl sites for hydroxylation is 4. The lowest BCUT2D eigenvalue weighted by molar-refractivity contribution is 1.25. The van der Waals surface area contributed by atoms with Crippen molar-refractivity contribution in [2.75, 3.05) is 10.6 Å². The Morgan fingerprint density at radius 3 is 2.07 bits per heavy atom. The van der Waals surface area contributed by atoms with Crippen molar-refractivity contribution >= 4 is 40.5 Å². The van der Waals surface area contributed by atoms with Crippen LogP contribution in [0.15, 0.2) is 70.5 Å². The highest BCUT2D eigenvalue weighted by Crippen LogP contribution is 2.31. The standard InChI is InChI=1S/C23H24N2S2/c1-15-5-7-17(3)21(13-15)25-23(26)24-19-9-11-20(12-10-19)27-22-14-16(2)6-8-18(22)4/h5-14H,1-4H3,(H2,24,25,26). The van der Waals surface area contributed by atoms with Gasteiger partial charge in [0.15, 0.2) is 5.11 Å². The number of rotatable bonds is 4. The van der Waals surface area contributed by atoms with E-state index in [-0.39, 0.29) is 0 Å². The number of benzene rings is 3. The molecule has 0 saturated carbocycles. The minimum absolute atomic E-state index is 0.596. The molecule has 3 aromatic carbocycles. The normalized spacial score (nSPS) is 10.5. The van der Waals surface area contributed by atoms with Crippen LogP contribution >= 0.6 is 24.0 Å². The molecule has 0 aliphatic carbocycles. The van der Waals surface area contributed by atoms with Crippen molar-refractivity contribution in [1.29, 1.82) is 0 Å². The van der Waals surface area contributed by atoms with Crippen LogP contribution < -0.4 is 10.6 Å². The highest BCUT2D eigenvalue weighted by molar-refractivity contribution is 7.99. The van der Waals surface area contributed by atoms with Crippen molar-refractivity contribution in [3.05, 3.63) is 82.9 Å². The van der Waals surface area contributed by atoms with E-state index in [0.717, 1.165) is 11.4 Å². The zero-order valence-electron chi connectivity index (χ0n) is 16.1. The number of hydrogen-bond acceptors (Lipinski definition) is 2. The summed E-state index contributed by atoms with van der Waals surface area (Å²) >= 11 is 7.25. The van der Waals surface area contributed by atoms with Crippen LogP contribution in [0.2, 0.25) is 0 Å². The minimum Gasteiger partial charge on any atom is -0.332 e. The summed E-state index contributed by atoms with van der Waals surface area (Å²) in [5.74, 6) is 0. The molecule has 3 rings (SSSR count). The second-order valence-corrected chi connectivity index (χ2v) is 8.32. The SMILES string of the molecule is Cc1ccc(C)c(NC(=S)Nc2ccc(Sc3cc(C)ccc3C)cc2)c1. The first kappa shape index (κ1) is 19.5. The fourth-order valence-electron chi connectivity index (χ4n) is 2.71. The van der Waals surface area contributed by atoms with Crippen LogP contribution in [0.25, 0.3) is 0 Å². The largest absolute Gasteiger partial charge is 0.332 e. The number of nitrogens with one attached hydrogen (secondary N) is 2. The van der Waals surface area contributed by atoms with E-state index in [1.807, 2.05) is 0 Å². The van der Waals surface area contributed by atoms with Gasteiger partial charge in [-0.15, -0.1) is 0 Å². The molecule has 0 fully saturated rings. The molecule has 0 amide bonds. The highest BCUT2D eigenvalue weighted by atomic mass is 32.2.